The molecule has 1 fully saturated rings. The summed E-state index contributed by atoms with van der Waals surface area (Å²) in [7, 11) is 0. The van der Waals surface area contributed by atoms with Gasteiger partial charge in [-0.05, 0) is 22.8 Å². The molecule has 3 heteroatoms. The van der Waals surface area contributed by atoms with E-state index in [-0.39, 0.29) is 12.4 Å². The molecule has 100 valence electrons. The number of piperazine rings is 1. The van der Waals surface area contributed by atoms with Crippen molar-refractivity contribution >= 4 is 12.4 Å². The highest BCUT2D eigenvalue weighted by Gasteiger charge is 2.14. The average Bonchev–Trinajstić information content (AvgIpc) is 2.49. The molecule has 0 aliphatic carbocycles. The highest BCUT2D eigenvalue weighted by molar-refractivity contribution is 5.85. The van der Waals surface area contributed by atoms with Crippen LogP contribution < -0.4 is 10.6 Å². The first-order chi connectivity index (χ1) is 8.93. The van der Waals surface area contributed by atoms with E-state index in [2.05, 4.69) is 65.2 Å². The van der Waals surface area contributed by atoms with Gasteiger partial charge in [0, 0.05) is 25.7 Å². The van der Waals surface area contributed by atoms with Crippen LogP contribution >= 0.6 is 12.4 Å². The zero-order valence-electron chi connectivity index (χ0n) is 10.8. The third-order valence-corrected chi connectivity index (χ3v) is 3.44. The lowest BCUT2D eigenvalue weighted by Crippen LogP contribution is -2.42. The van der Waals surface area contributed by atoms with Crippen molar-refractivity contribution in [2.45, 2.75) is 6.04 Å². The summed E-state index contributed by atoms with van der Waals surface area (Å²) in [5.74, 6) is 0. The number of benzene rings is 2. The molecule has 2 aromatic carbocycles. The fourth-order valence-corrected chi connectivity index (χ4v) is 2.45. The smallest absolute Gasteiger partial charge is 0.0447 e. The van der Waals surface area contributed by atoms with Gasteiger partial charge in [0.25, 0.3) is 0 Å². The fourth-order valence-electron chi connectivity index (χ4n) is 2.45. The summed E-state index contributed by atoms with van der Waals surface area (Å²) in [5.41, 5.74) is 3.94. The van der Waals surface area contributed by atoms with Crippen molar-refractivity contribution in [3.05, 3.63) is 60.2 Å². The van der Waals surface area contributed by atoms with Crippen LogP contribution in [-0.4, -0.2) is 19.6 Å². The summed E-state index contributed by atoms with van der Waals surface area (Å²) >= 11 is 0. The molecule has 0 spiro atoms. The summed E-state index contributed by atoms with van der Waals surface area (Å²) in [6, 6.07) is 19.8. The van der Waals surface area contributed by atoms with Crippen LogP contribution in [0.4, 0.5) is 0 Å². The van der Waals surface area contributed by atoms with E-state index in [9.17, 15) is 0 Å². The summed E-state index contributed by atoms with van der Waals surface area (Å²) in [6.07, 6.45) is 0. The Kier molecular flexibility index (Phi) is 4.97. The highest BCUT2D eigenvalue weighted by Crippen LogP contribution is 2.23. The normalized spacial score (nSPS) is 18.6. The molecule has 1 aliphatic heterocycles. The molecule has 0 aromatic heterocycles. The largest absolute Gasteiger partial charge is 0.314 e. The number of rotatable bonds is 2. The van der Waals surface area contributed by atoms with Gasteiger partial charge in [0.2, 0.25) is 0 Å². The van der Waals surface area contributed by atoms with Crippen molar-refractivity contribution in [1.82, 2.24) is 10.6 Å². The molecular weight excluding hydrogens is 256 g/mol. The molecule has 0 unspecified atom stereocenters. The molecule has 0 amide bonds. The van der Waals surface area contributed by atoms with Gasteiger partial charge < -0.3 is 10.6 Å². The van der Waals surface area contributed by atoms with Gasteiger partial charge in [-0.15, -0.1) is 12.4 Å². The predicted molar refractivity (Wildman–Crippen MR) is 82.7 cm³/mol. The number of hydrogen-bond donors (Lipinski definition) is 2. The second-order valence-corrected chi connectivity index (χ2v) is 4.70. The van der Waals surface area contributed by atoms with Crippen molar-refractivity contribution in [1.29, 1.82) is 0 Å². The van der Waals surface area contributed by atoms with E-state index in [0.29, 0.717) is 6.04 Å². The maximum Gasteiger partial charge on any atom is 0.0447 e. The van der Waals surface area contributed by atoms with E-state index >= 15 is 0 Å². The number of halogens is 1. The number of hydrogen-bond acceptors (Lipinski definition) is 2. The molecule has 1 saturated heterocycles. The maximum atomic E-state index is 3.55. The van der Waals surface area contributed by atoms with Crippen molar-refractivity contribution in [2.75, 3.05) is 19.6 Å². The first kappa shape index (κ1) is 14.1. The summed E-state index contributed by atoms with van der Waals surface area (Å²) in [6.45, 7) is 3.12. The van der Waals surface area contributed by atoms with Crippen LogP contribution in [0.3, 0.4) is 0 Å². The van der Waals surface area contributed by atoms with Crippen LogP contribution in [-0.2, 0) is 0 Å². The Hall–Kier alpha value is -1.35. The van der Waals surface area contributed by atoms with Crippen LogP contribution in [0.2, 0.25) is 0 Å². The standard InChI is InChI=1S/C16H18N2.ClH/c1-2-5-13(6-3-1)14-7-4-8-15(11-14)16-12-17-9-10-18-16;/h1-8,11,16-18H,9-10,12H2;1H/t16-;/m0./s1. The van der Waals surface area contributed by atoms with Crippen LogP contribution in [0.5, 0.6) is 0 Å². The van der Waals surface area contributed by atoms with Crippen LogP contribution in [0.1, 0.15) is 11.6 Å². The third kappa shape index (κ3) is 3.35. The second kappa shape index (κ2) is 6.71. The van der Waals surface area contributed by atoms with E-state index in [1.807, 2.05) is 0 Å². The van der Waals surface area contributed by atoms with E-state index in [1.165, 1.54) is 16.7 Å². The van der Waals surface area contributed by atoms with Gasteiger partial charge in [0.1, 0.15) is 0 Å². The zero-order chi connectivity index (χ0) is 12.2. The highest BCUT2D eigenvalue weighted by atomic mass is 35.5. The maximum absolute atomic E-state index is 3.55. The molecule has 19 heavy (non-hydrogen) atoms. The molecule has 1 atom stereocenters. The molecule has 2 aromatic rings. The lowest BCUT2D eigenvalue weighted by Gasteiger charge is -2.25. The lowest BCUT2D eigenvalue weighted by atomic mass is 9.99. The predicted octanol–water partition coefficient (Wildman–Crippen LogP) is 3.01. The van der Waals surface area contributed by atoms with Gasteiger partial charge in [-0.3, -0.25) is 0 Å². The summed E-state index contributed by atoms with van der Waals surface area (Å²) in [4.78, 5) is 0. The van der Waals surface area contributed by atoms with Gasteiger partial charge in [-0.25, -0.2) is 0 Å². The Balaban J connectivity index is 0.00000133. The minimum absolute atomic E-state index is 0. The fraction of sp³-hybridized carbons (Fsp3) is 0.250. The van der Waals surface area contributed by atoms with E-state index in [0.717, 1.165) is 19.6 Å². The Morgan fingerprint density at radius 2 is 1.63 bits per heavy atom. The van der Waals surface area contributed by atoms with E-state index in [1.54, 1.807) is 0 Å². The van der Waals surface area contributed by atoms with Gasteiger partial charge in [-0.1, -0.05) is 48.5 Å². The number of nitrogens with one attached hydrogen (secondary N) is 2. The first-order valence-electron chi connectivity index (χ1n) is 6.53. The van der Waals surface area contributed by atoms with E-state index in [4.69, 9.17) is 0 Å². The molecule has 1 heterocycles. The Bertz CT molecular complexity index is 507. The monoisotopic (exact) mass is 274 g/mol. The molecule has 0 radical (unpaired) electrons. The SMILES string of the molecule is Cl.c1ccc(-c2cccc([C@@H]3CNCCN3)c2)cc1. The van der Waals surface area contributed by atoms with Gasteiger partial charge in [0.15, 0.2) is 0 Å². The molecule has 3 rings (SSSR count). The molecule has 1 aliphatic rings. The van der Waals surface area contributed by atoms with Crippen molar-refractivity contribution in [3.8, 4) is 11.1 Å². The zero-order valence-corrected chi connectivity index (χ0v) is 11.6. The van der Waals surface area contributed by atoms with Gasteiger partial charge in [0.05, 0.1) is 0 Å². The molecular formula is C16H19ClN2. The van der Waals surface area contributed by atoms with Gasteiger partial charge in [-0.2, -0.15) is 0 Å². The minimum atomic E-state index is 0. The lowest BCUT2D eigenvalue weighted by molar-refractivity contribution is 0.430. The Labute approximate surface area is 120 Å². The average molecular weight is 275 g/mol. The summed E-state index contributed by atoms with van der Waals surface area (Å²) in [5, 5.41) is 6.98. The van der Waals surface area contributed by atoms with Crippen molar-refractivity contribution < 1.29 is 0 Å². The molecule has 0 bridgehead atoms. The quantitative estimate of drug-likeness (QED) is 0.880. The van der Waals surface area contributed by atoms with Crippen LogP contribution in [0.15, 0.2) is 54.6 Å². The van der Waals surface area contributed by atoms with Crippen molar-refractivity contribution in [3.63, 3.8) is 0 Å². The first-order valence-corrected chi connectivity index (χ1v) is 6.53. The Morgan fingerprint density at radius 3 is 2.37 bits per heavy atom. The molecule has 2 nitrogen and oxygen atoms in total. The van der Waals surface area contributed by atoms with Crippen LogP contribution in [0.25, 0.3) is 11.1 Å². The Morgan fingerprint density at radius 1 is 0.842 bits per heavy atom. The minimum Gasteiger partial charge on any atom is -0.314 e. The summed E-state index contributed by atoms with van der Waals surface area (Å²) < 4.78 is 0. The molecule has 0 saturated carbocycles. The van der Waals surface area contributed by atoms with E-state index < -0.39 is 0 Å². The molecule has 2 N–H and O–H groups in total. The van der Waals surface area contributed by atoms with Crippen LogP contribution in [0, 0.1) is 0 Å². The third-order valence-electron chi connectivity index (χ3n) is 3.44. The second-order valence-electron chi connectivity index (χ2n) is 4.70. The van der Waals surface area contributed by atoms with Gasteiger partial charge >= 0.3 is 0 Å². The topological polar surface area (TPSA) is 24.1 Å². The van der Waals surface area contributed by atoms with Crippen molar-refractivity contribution in [2.24, 2.45) is 0 Å².